The first-order valence-corrected chi connectivity index (χ1v) is 4.50. The van der Waals surface area contributed by atoms with E-state index < -0.39 is 0 Å². The second-order valence-electron chi connectivity index (χ2n) is 3.53. The van der Waals surface area contributed by atoms with Crippen molar-refractivity contribution < 1.29 is 4.57 Å². The highest BCUT2D eigenvalue weighted by Crippen LogP contribution is 2.12. The van der Waals surface area contributed by atoms with Gasteiger partial charge in [0, 0.05) is 25.1 Å². The van der Waals surface area contributed by atoms with Crippen molar-refractivity contribution in [2.75, 3.05) is 20.1 Å². The molecule has 1 aromatic heterocycles. The quantitative estimate of drug-likeness (QED) is 0.557. The molecule has 0 aliphatic carbocycles. The van der Waals surface area contributed by atoms with Crippen LogP contribution in [0.3, 0.4) is 0 Å². The maximum absolute atomic E-state index is 2.38. The third-order valence-electron chi connectivity index (χ3n) is 2.53. The highest BCUT2D eigenvalue weighted by Gasteiger charge is 2.26. The molecule has 64 valence electrons. The minimum Gasteiger partial charge on any atom is -0.300 e. The van der Waals surface area contributed by atoms with Gasteiger partial charge in [-0.05, 0) is 7.05 Å². The Morgan fingerprint density at radius 2 is 2.00 bits per heavy atom. The molecule has 0 radical (unpaired) electrons. The SMILES string of the molecule is CN1CCC([n+]2ccccc2)C1. The predicted molar refractivity (Wildman–Crippen MR) is 47.8 cm³/mol. The fraction of sp³-hybridized carbons (Fsp3) is 0.500. The number of hydrogen-bond donors (Lipinski definition) is 0. The third-order valence-corrected chi connectivity index (χ3v) is 2.53. The summed E-state index contributed by atoms with van der Waals surface area (Å²) in [6, 6.07) is 6.95. The van der Waals surface area contributed by atoms with Crippen molar-refractivity contribution in [3.8, 4) is 0 Å². The van der Waals surface area contributed by atoms with Gasteiger partial charge in [0.2, 0.25) is 0 Å². The molecule has 0 N–H and O–H groups in total. The summed E-state index contributed by atoms with van der Waals surface area (Å²) < 4.78 is 2.31. The van der Waals surface area contributed by atoms with Gasteiger partial charge < -0.3 is 0 Å². The zero-order valence-corrected chi connectivity index (χ0v) is 7.48. The number of hydrogen-bond acceptors (Lipinski definition) is 1. The third kappa shape index (κ3) is 1.48. The van der Waals surface area contributed by atoms with E-state index in [9.17, 15) is 0 Å². The Labute approximate surface area is 73.4 Å². The van der Waals surface area contributed by atoms with Crippen LogP contribution >= 0.6 is 0 Å². The summed E-state index contributed by atoms with van der Waals surface area (Å²) in [6.07, 6.45) is 5.60. The monoisotopic (exact) mass is 163 g/mol. The lowest BCUT2D eigenvalue weighted by Gasteiger charge is -2.05. The smallest absolute Gasteiger partial charge is 0.172 e. The molecule has 2 heterocycles. The number of likely N-dealkylation sites (tertiary alicyclic amines) is 1. The Morgan fingerprint density at radius 3 is 2.58 bits per heavy atom. The van der Waals surface area contributed by atoms with Crippen LogP contribution in [0, 0.1) is 0 Å². The van der Waals surface area contributed by atoms with Crippen molar-refractivity contribution in [3.63, 3.8) is 0 Å². The minimum atomic E-state index is 0.691. The molecular formula is C10H15N2+. The second kappa shape index (κ2) is 3.23. The van der Waals surface area contributed by atoms with E-state index in [2.05, 4.69) is 47.1 Å². The number of likely N-dealkylation sites (N-methyl/N-ethyl adjacent to an activating group) is 1. The number of aromatic nitrogens is 1. The van der Waals surface area contributed by atoms with E-state index in [0.717, 1.165) is 0 Å². The summed E-state index contributed by atoms with van der Waals surface area (Å²) in [5.41, 5.74) is 0. The van der Waals surface area contributed by atoms with E-state index in [1.807, 2.05) is 0 Å². The normalized spacial score (nSPS) is 24.6. The average Bonchev–Trinajstić information content (AvgIpc) is 2.54. The molecule has 1 atom stereocenters. The van der Waals surface area contributed by atoms with Crippen molar-refractivity contribution in [2.24, 2.45) is 0 Å². The van der Waals surface area contributed by atoms with Gasteiger partial charge in [-0.15, -0.1) is 0 Å². The van der Waals surface area contributed by atoms with Gasteiger partial charge in [0.15, 0.2) is 18.4 Å². The highest BCUT2D eigenvalue weighted by atomic mass is 15.2. The topological polar surface area (TPSA) is 7.12 Å². The van der Waals surface area contributed by atoms with Crippen LogP contribution in [-0.2, 0) is 0 Å². The fourth-order valence-electron chi connectivity index (χ4n) is 1.81. The molecule has 1 unspecified atom stereocenters. The molecule has 0 amide bonds. The van der Waals surface area contributed by atoms with Crippen molar-refractivity contribution in [1.82, 2.24) is 4.90 Å². The van der Waals surface area contributed by atoms with Crippen molar-refractivity contribution in [3.05, 3.63) is 30.6 Å². The lowest BCUT2D eigenvalue weighted by molar-refractivity contribution is -0.719. The van der Waals surface area contributed by atoms with E-state index in [1.54, 1.807) is 0 Å². The van der Waals surface area contributed by atoms with Crippen LogP contribution < -0.4 is 4.57 Å². The molecule has 2 rings (SSSR count). The van der Waals surface area contributed by atoms with Crippen LogP contribution in [0.5, 0.6) is 0 Å². The van der Waals surface area contributed by atoms with Crippen molar-refractivity contribution >= 4 is 0 Å². The summed E-state index contributed by atoms with van der Waals surface area (Å²) in [7, 11) is 2.18. The van der Waals surface area contributed by atoms with Gasteiger partial charge in [-0.1, -0.05) is 6.07 Å². The molecular weight excluding hydrogens is 148 g/mol. The van der Waals surface area contributed by atoms with Crippen LogP contribution in [0.4, 0.5) is 0 Å². The van der Waals surface area contributed by atoms with Crippen LogP contribution in [0.25, 0.3) is 0 Å². The first kappa shape index (κ1) is 7.74. The average molecular weight is 163 g/mol. The summed E-state index contributed by atoms with van der Waals surface area (Å²) >= 11 is 0. The fourth-order valence-corrected chi connectivity index (χ4v) is 1.81. The molecule has 12 heavy (non-hydrogen) atoms. The molecule has 1 saturated heterocycles. The number of rotatable bonds is 1. The largest absolute Gasteiger partial charge is 0.300 e. The van der Waals surface area contributed by atoms with Crippen LogP contribution in [-0.4, -0.2) is 25.0 Å². The Hall–Kier alpha value is -0.890. The Kier molecular flexibility index (Phi) is 2.09. The Balaban J connectivity index is 2.11. The number of pyridine rings is 1. The summed E-state index contributed by atoms with van der Waals surface area (Å²) in [6.45, 7) is 2.42. The second-order valence-corrected chi connectivity index (χ2v) is 3.53. The zero-order valence-electron chi connectivity index (χ0n) is 7.48. The van der Waals surface area contributed by atoms with Gasteiger partial charge in [-0.3, -0.25) is 4.90 Å². The van der Waals surface area contributed by atoms with Crippen molar-refractivity contribution in [2.45, 2.75) is 12.5 Å². The summed E-state index contributed by atoms with van der Waals surface area (Å²) in [5, 5.41) is 0. The van der Waals surface area contributed by atoms with E-state index in [1.165, 1.54) is 19.5 Å². The highest BCUT2D eigenvalue weighted by molar-refractivity contribution is 4.84. The first-order chi connectivity index (χ1) is 5.86. The molecule has 1 aliphatic rings. The lowest BCUT2D eigenvalue weighted by atomic mass is 10.2. The molecule has 0 spiro atoms. The molecule has 0 aromatic carbocycles. The number of nitrogens with zero attached hydrogens (tertiary/aromatic N) is 2. The molecule has 1 fully saturated rings. The minimum absolute atomic E-state index is 0.691. The Bertz CT molecular complexity index is 245. The van der Waals surface area contributed by atoms with Gasteiger partial charge >= 0.3 is 0 Å². The van der Waals surface area contributed by atoms with E-state index >= 15 is 0 Å². The molecule has 0 saturated carbocycles. The van der Waals surface area contributed by atoms with Gasteiger partial charge in [0.1, 0.15) is 0 Å². The molecule has 1 aliphatic heterocycles. The molecule has 2 nitrogen and oxygen atoms in total. The first-order valence-electron chi connectivity index (χ1n) is 4.50. The predicted octanol–water partition coefficient (Wildman–Crippen LogP) is 0.851. The van der Waals surface area contributed by atoms with E-state index in [0.29, 0.717) is 6.04 Å². The Morgan fingerprint density at radius 1 is 1.25 bits per heavy atom. The van der Waals surface area contributed by atoms with Gasteiger partial charge in [0.05, 0.1) is 6.54 Å². The summed E-state index contributed by atoms with van der Waals surface area (Å²) in [5.74, 6) is 0. The maximum Gasteiger partial charge on any atom is 0.172 e. The molecule has 0 bridgehead atoms. The van der Waals surface area contributed by atoms with Gasteiger partial charge in [-0.2, -0.15) is 0 Å². The van der Waals surface area contributed by atoms with Crippen LogP contribution in [0.15, 0.2) is 30.6 Å². The molecule has 2 heteroatoms. The van der Waals surface area contributed by atoms with E-state index in [-0.39, 0.29) is 0 Å². The maximum atomic E-state index is 2.38. The summed E-state index contributed by atoms with van der Waals surface area (Å²) in [4.78, 5) is 2.38. The standard InChI is InChI=1S/C10H15N2/c1-11-8-5-10(9-11)12-6-3-2-4-7-12/h2-4,6-7,10H,5,8-9H2,1H3/q+1. The lowest BCUT2D eigenvalue weighted by Crippen LogP contribution is -2.39. The van der Waals surface area contributed by atoms with Crippen LogP contribution in [0.2, 0.25) is 0 Å². The van der Waals surface area contributed by atoms with Gasteiger partial charge in [-0.25, -0.2) is 4.57 Å². The van der Waals surface area contributed by atoms with Gasteiger partial charge in [0.25, 0.3) is 0 Å². The van der Waals surface area contributed by atoms with Crippen molar-refractivity contribution in [1.29, 1.82) is 0 Å². The zero-order chi connectivity index (χ0) is 8.39. The molecule has 1 aromatic rings. The van der Waals surface area contributed by atoms with E-state index in [4.69, 9.17) is 0 Å². The van der Waals surface area contributed by atoms with Crippen LogP contribution in [0.1, 0.15) is 12.5 Å².